The molecule has 0 radical (unpaired) electrons. The van der Waals surface area contributed by atoms with Crippen LogP contribution in [-0.4, -0.2) is 46.5 Å². The minimum Gasteiger partial charge on any atom is -0.329 e. The van der Waals surface area contributed by atoms with Crippen LogP contribution in [0.15, 0.2) is 6.20 Å². The standard InChI is InChI=1S/C12H18N4O2S/c1-4-15-7-16(6-10(15)17)12(18)14-9(3)11-13-5-8(2)19-11/h5,9H,4,6-7H2,1-3H3,(H,14,18)/t9-/m1/s1. The number of aryl methyl sites for hydroxylation is 1. The summed E-state index contributed by atoms with van der Waals surface area (Å²) < 4.78 is 0. The molecule has 2 rings (SSSR count). The van der Waals surface area contributed by atoms with Crippen LogP contribution in [0.2, 0.25) is 0 Å². The van der Waals surface area contributed by atoms with Crippen molar-refractivity contribution in [2.24, 2.45) is 0 Å². The molecular formula is C12H18N4O2S. The number of urea groups is 1. The molecule has 19 heavy (non-hydrogen) atoms. The first kappa shape index (κ1) is 13.8. The summed E-state index contributed by atoms with van der Waals surface area (Å²) in [7, 11) is 0. The molecule has 104 valence electrons. The van der Waals surface area contributed by atoms with Gasteiger partial charge in [-0.15, -0.1) is 11.3 Å². The zero-order valence-electron chi connectivity index (χ0n) is 11.3. The van der Waals surface area contributed by atoms with E-state index in [1.807, 2.05) is 20.8 Å². The second-order valence-electron chi connectivity index (χ2n) is 4.57. The molecule has 0 unspecified atom stereocenters. The molecule has 1 aliphatic heterocycles. The van der Waals surface area contributed by atoms with E-state index < -0.39 is 0 Å². The highest BCUT2D eigenvalue weighted by molar-refractivity contribution is 7.11. The fraction of sp³-hybridized carbons (Fsp3) is 0.583. The van der Waals surface area contributed by atoms with Crippen LogP contribution in [0.5, 0.6) is 0 Å². The average Bonchev–Trinajstić information content (AvgIpc) is 2.95. The number of rotatable bonds is 3. The molecule has 0 bridgehead atoms. The monoisotopic (exact) mass is 282 g/mol. The maximum Gasteiger partial charge on any atom is 0.319 e. The van der Waals surface area contributed by atoms with Crippen LogP contribution in [0.4, 0.5) is 4.79 Å². The minimum atomic E-state index is -0.218. The van der Waals surface area contributed by atoms with Crippen LogP contribution in [0.1, 0.15) is 29.8 Å². The number of nitrogens with zero attached hydrogens (tertiary/aromatic N) is 3. The van der Waals surface area contributed by atoms with Gasteiger partial charge in [0.1, 0.15) is 11.6 Å². The summed E-state index contributed by atoms with van der Waals surface area (Å²) in [5, 5.41) is 3.75. The number of carbonyl (C=O) groups excluding carboxylic acids is 2. The quantitative estimate of drug-likeness (QED) is 0.910. The van der Waals surface area contributed by atoms with E-state index in [0.29, 0.717) is 13.2 Å². The molecule has 0 saturated carbocycles. The van der Waals surface area contributed by atoms with Gasteiger partial charge in [-0.3, -0.25) is 9.69 Å². The molecule has 6 nitrogen and oxygen atoms in total. The normalized spacial score (nSPS) is 16.9. The summed E-state index contributed by atoms with van der Waals surface area (Å²) in [5.41, 5.74) is 0. The van der Waals surface area contributed by atoms with E-state index in [9.17, 15) is 9.59 Å². The van der Waals surface area contributed by atoms with Crippen molar-refractivity contribution in [3.05, 3.63) is 16.1 Å². The van der Waals surface area contributed by atoms with Gasteiger partial charge in [-0.25, -0.2) is 9.78 Å². The molecule has 2 heterocycles. The van der Waals surface area contributed by atoms with Gasteiger partial charge < -0.3 is 10.2 Å². The van der Waals surface area contributed by atoms with Crippen molar-refractivity contribution < 1.29 is 9.59 Å². The molecule has 3 amide bonds. The molecule has 7 heteroatoms. The van der Waals surface area contributed by atoms with Crippen LogP contribution in [0.3, 0.4) is 0 Å². The third-order valence-corrected chi connectivity index (χ3v) is 4.13. The second-order valence-corrected chi connectivity index (χ2v) is 5.84. The number of thiazole rings is 1. The molecule has 0 spiro atoms. The smallest absolute Gasteiger partial charge is 0.319 e. The van der Waals surface area contributed by atoms with Crippen LogP contribution in [0, 0.1) is 6.92 Å². The van der Waals surface area contributed by atoms with Gasteiger partial charge in [0.15, 0.2) is 0 Å². The summed E-state index contributed by atoms with van der Waals surface area (Å²) in [5.74, 6) is -0.00426. The highest BCUT2D eigenvalue weighted by Gasteiger charge is 2.30. The number of hydrogen-bond acceptors (Lipinski definition) is 4. The number of hydrogen-bond donors (Lipinski definition) is 1. The molecule has 0 aromatic carbocycles. The molecule has 0 aliphatic carbocycles. The van der Waals surface area contributed by atoms with Crippen molar-refractivity contribution in [2.75, 3.05) is 19.8 Å². The van der Waals surface area contributed by atoms with Gasteiger partial charge in [-0.05, 0) is 20.8 Å². The predicted octanol–water partition coefficient (Wildman–Crippen LogP) is 1.34. The summed E-state index contributed by atoms with van der Waals surface area (Å²) in [4.78, 5) is 32.2. The molecule has 1 N–H and O–H groups in total. The van der Waals surface area contributed by atoms with Crippen LogP contribution in [-0.2, 0) is 4.79 Å². The lowest BCUT2D eigenvalue weighted by molar-refractivity contribution is -0.126. The highest BCUT2D eigenvalue weighted by atomic mass is 32.1. The van der Waals surface area contributed by atoms with E-state index in [1.165, 1.54) is 4.90 Å². The lowest BCUT2D eigenvalue weighted by Crippen LogP contribution is -2.40. The molecule has 1 aromatic rings. The van der Waals surface area contributed by atoms with Gasteiger partial charge in [0.25, 0.3) is 0 Å². The topological polar surface area (TPSA) is 65.5 Å². The van der Waals surface area contributed by atoms with Crippen molar-refractivity contribution >= 4 is 23.3 Å². The largest absolute Gasteiger partial charge is 0.329 e. The lowest BCUT2D eigenvalue weighted by atomic mass is 10.3. The van der Waals surface area contributed by atoms with Crippen molar-refractivity contribution in [1.29, 1.82) is 0 Å². The van der Waals surface area contributed by atoms with Crippen molar-refractivity contribution in [2.45, 2.75) is 26.8 Å². The van der Waals surface area contributed by atoms with Gasteiger partial charge in [0.05, 0.1) is 12.7 Å². The fourth-order valence-electron chi connectivity index (χ4n) is 1.92. The maximum absolute atomic E-state index is 12.1. The Morgan fingerprint density at radius 1 is 1.63 bits per heavy atom. The maximum atomic E-state index is 12.1. The molecule has 1 fully saturated rings. The van der Waals surface area contributed by atoms with Gasteiger partial charge in [0, 0.05) is 17.6 Å². The molecule has 1 aromatic heterocycles. The van der Waals surface area contributed by atoms with Gasteiger partial charge in [-0.1, -0.05) is 0 Å². The second kappa shape index (κ2) is 5.56. The molecule has 1 atom stereocenters. The van der Waals surface area contributed by atoms with Crippen molar-refractivity contribution in [3.8, 4) is 0 Å². The van der Waals surface area contributed by atoms with E-state index in [4.69, 9.17) is 0 Å². The number of amides is 3. The Morgan fingerprint density at radius 3 is 2.89 bits per heavy atom. The Labute approximate surface area is 116 Å². The van der Waals surface area contributed by atoms with E-state index in [-0.39, 0.29) is 24.5 Å². The van der Waals surface area contributed by atoms with Gasteiger partial charge in [0.2, 0.25) is 5.91 Å². The molecular weight excluding hydrogens is 264 g/mol. The summed E-state index contributed by atoms with van der Waals surface area (Å²) in [6.07, 6.45) is 1.79. The van der Waals surface area contributed by atoms with E-state index in [0.717, 1.165) is 9.88 Å². The number of aromatic nitrogens is 1. The van der Waals surface area contributed by atoms with E-state index in [1.54, 1.807) is 22.4 Å². The SMILES string of the molecule is CCN1CN(C(=O)N[C@H](C)c2ncc(C)s2)CC1=O. The molecule has 1 aliphatic rings. The Hall–Kier alpha value is -1.63. The van der Waals surface area contributed by atoms with Crippen molar-refractivity contribution in [1.82, 2.24) is 20.1 Å². The third kappa shape index (κ3) is 3.04. The highest BCUT2D eigenvalue weighted by Crippen LogP contribution is 2.19. The van der Waals surface area contributed by atoms with Gasteiger partial charge in [-0.2, -0.15) is 0 Å². The Bertz CT molecular complexity index is 488. The van der Waals surface area contributed by atoms with Crippen LogP contribution >= 0.6 is 11.3 Å². The number of carbonyl (C=O) groups is 2. The lowest BCUT2D eigenvalue weighted by Gasteiger charge is -2.19. The summed E-state index contributed by atoms with van der Waals surface area (Å²) in [6.45, 7) is 6.93. The first-order chi connectivity index (χ1) is 9.01. The summed E-state index contributed by atoms with van der Waals surface area (Å²) >= 11 is 1.56. The number of likely N-dealkylation sites (N-methyl/N-ethyl adjacent to an activating group) is 1. The first-order valence-corrected chi connectivity index (χ1v) is 7.08. The minimum absolute atomic E-state index is 0.00426. The zero-order chi connectivity index (χ0) is 14.0. The molecule has 1 saturated heterocycles. The predicted molar refractivity (Wildman–Crippen MR) is 72.8 cm³/mol. The average molecular weight is 282 g/mol. The van der Waals surface area contributed by atoms with E-state index in [2.05, 4.69) is 10.3 Å². The zero-order valence-corrected chi connectivity index (χ0v) is 12.2. The van der Waals surface area contributed by atoms with Crippen LogP contribution < -0.4 is 5.32 Å². The summed E-state index contributed by atoms with van der Waals surface area (Å²) in [6, 6.07) is -0.360. The Morgan fingerprint density at radius 2 is 2.37 bits per heavy atom. The third-order valence-electron chi connectivity index (χ3n) is 3.04. The Balaban J connectivity index is 1.93. The Kier molecular flexibility index (Phi) is 4.04. The van der Waals surface area contributed by atoms with Crippen molar-refractivity contribution in [3.63, 3.8) is 0 Å². The van der Waals surface area contributed by atoms with Crippen LogP contribution in [0.25, 0.3) is 0 Å². The first-order valence-electron chi connectivity index (χ1n) is 6.26. The van der Waals surface area contributed by atoms with E-state index >= 15 is 0 Å². The fourth-order valence-corrected chi connectivity index (χ4v) is 2.70. The number of nitrogens with one attached hydrogen (secondary N) is 1. The van der Waals surface area contributed by atoms with Gasteiger partial charge >= 0.3 is 6.03 Å².